The number of rotatable bonds is 11. The second-order valence-corrected chi connectivity index (χ2v) is 13.2. The van der Waals surface area contributed by atoms with Crippen molar-refractivity contribution in [3.63, 3.8) is 0 Å². The molecule has 2 bridgehead atoms. The molecule has 0 aromatic heterocycles. The maximum Gasteiger partial charge on any atom is 0.343 e. The molecular formula is C32H42N2O12. The van der Waals surface area contributed by atoms with Crippen molar-refractivity contribution in [2.24, 2.45) is 5.92 Å². The number of likely N-dealkylation sites (tertiary alicyclic amines) is 1. The van der Waals surface area contributed by atoms with Gasteiger partial charge in [-0.3, -0.25) is 4.79 Å². The van der Waals surface area contributed by atoms with Gasteiger partial charge in [-0.25, -0.2) is 14.4 Å². The summed E-state index contributed by atoms with van der Waals surface area (Å²) in [5, 5.41) is 55.2. The highest BCUT2D eigenvalue weighted by Crippen LogP contribution is 2.64. The molecule has 0 radical (unpaired) electrons. The van der Waals surface area contributed by atoms with Gasteiger partial charge in [-0.2, -0.15) is 0 Å². The number of amides is 1. The Hall–Kier alpha value is -3.56. The first-order valence-corrected chi connectivity index (χ1v) is 15.5. The van der Waals surface area contributed by atoms with Crippen LogP contribution in [-0.4, -0.2) is 110 Å². The molecule has 1 spiro atoms. The first-order chi connectivity index (χ1) is 21.7. The van der Waals surface area contributed by atoms with Crippen molar-refractivity contribution in [1.29, 1.82) is 0 Å². The predicted octanol–water partition coefficient (Wildman–Crippen LogP) is -0.341. The molecule has 14 heteroatoms. The Labute approximate surface area is 265 Å². The standard InChI is InChI=1S/C32H42N2O12/c1-15(2)12-19(28(39)40)33-27(38)16(3)44-29(41)23(36)24(37)30(42)45-20-8-10-32(43)21-13-17-6-7-18(14-35)25-22(17)31(32,26(20)46-25)9-5-11-34(21)4/h6-8,15-16,19,21,23-24,26,35-37,43H,5,9-14H2,1-4H3,(H,33,38)(H,39,40)/t16-,19-,21+,23+,24+,26-,31-,32+/m0/s1. The molecule has 1 saturated heterocycles. The molecule has 6 N–H and O–H groups in total. The number of carboxylic acids is 1. The van der Waals surface area contributed by atoms with E-state index in [4.69, 9.17) is 14.2 Å². The molecule has 1 aromatic carbocycles. The number of aliphatic hydroxyl groups excluding tert-OH is 3. The number of ether oxygens (including phenoxy) is 3. The minimum Gasteiger partial charge on any atom is -0.481 e. The van der Waals surface area contributed by atoms with Gasteiger partial charge in [0, 0.05) is 23.6 Å². The van der Waals surface area contributed by atoms with Gasteiger partial charge in [-0.05, 0) is 63.8 Å². The average Bonchev–Trinajstić information content (AvgIpc) is 3.34. The lowest BCUT2D eigenvalue weighted by Gasteiger charge is -2.56. The van der Waals surface area contributed by atoms with Crippen LogP contribution in [0.15, 0.2) is 24.0 Å². The summed E-state index contributed by atoms with van der Waals surface area (Å²) in [6.07, 6.45) is -3.94. The van der Waals surface area contributed by atoms with Crippen molar-refractivity contribution in [3.05, 3.63) is 40.7 Å². The van der Waals surface area contributed by atoms with Crippen molar-refractivity contribution < 1.29 is 58.9 Å². The van der Waals surface area contributed by atoms with Crippen LogP contribution in [0.5, 0.6) is 5.75 Å². The molecule has 14 nitrogen and oxygen atoms in total. The zero-order valence-corrected chi connectivity index (χ0v) is 26.3. The molecule has 4 aliphatic rings. The van der Waals surface area contributed by atoms with Crippen LogP contribution >= 0.6 is 0 Å². The van der Waals surface area contributed by atoms with Gasteiger partial charge in [0.2, 0.25) is 0 Å². The van der Waals surface area contributed by atoms with Crippen LogP contribution < -0.4 is 10.1 Å². The van der Waals surface area contributed by atoms with Crippen LogP contribution in [0.2, 0.25) is 0 Å². The fourth-order valence-corrected chi connectivity index (χ4v) is 7.60. The molecule has 252 valence electrons. The van der Waals surface area contributed by atoms with E-state index in [0.717, 1.165) is 18.1 Å². The number of nitrogens with one attached hydrogen (secondary N) is 1. The summed E-state index contributed by atoms with van der Waals surface area (Å²) in [5.74, 6) is -4.75. The number of hydrogen-bond acceptors (Lipinski definition) is 12. The van der Waals surface area contributed by atoms with Gasteiger partial charge in [0.05, 0.1) is 17.6 Å². The number of aliphatic hydroxyl groups is 4. The lowest BCUT2D eigenvalue weighted by atomic mass is 9.52. The van der Waals surface area contributed by atoms with E-state index < -0.39 is 65.3 Å². The van der Waals surface area contributed by atoms with Gasteiger partial charge in [-0.1, -0.05) is 26.0 Å². The summed E-state index contributed by atoms with van der Waals surface area (Å²) >= 11 is 0. The number of esters is 2. The highest BCUT2D eigenvalue weighted by molar-refractivity contribution is 5.90. The van der Waals surface area contributed by atoms with Crippen LogP contribution in [0.4, 0.5) is 0 Å². The SMILES string of the molecule is CC(C)C[C@H](NC(=O)[C@H](C)OC(=O)[C@H](O)[C@@H](O)C(=O)OC1=CC[C@@]2(O)[C@H]3Cc4ccc(CO)c5c4[C@@]2(CCCN3C)[C@H]1O5)C(=O)O. The number of aliphatic carboxylic acids is 1. The Morgan fingerprint density at radius 2 is 1.83 bits per heavy atom. The van der Waals surface area contributed by atoms with Crippen LogP contribution in [0.1, 0.15) is 63.1 Å². The van der Waals surface area contributed by atoms with Crippen molar-refractivity contribution in [2.45, 2.75) is 107 Å². The fraction of sp³-hybridized carbons (Fsp3) is 0.625. The molecular weight excluding hydrogens is 604 g/mol. The number of benzene rings is 1. The van der Waals surface area contributed by atoms with Gasteiger partial charge < -0.3 is 50.0 Å². The Morgan fingerprint density at radius 3 is 2.48 bits per heavy atom. The highest BCUT2D eigenvalue weighted by Gasteiger charge is 2.70. The van der Waals surface area contributed by atoms with E-state index in [1.165, 1.54) is 6.08 Å². The third-order valence-corrected chi connectivity index (χ3v) is 9.83. The number of hydrogen-bond donors (Lipinski definition) is 6. The van der Waals surface area contributed by atoms with Crippen LogP contribution in [0.3, 0.4) is 0 Å². The molecule has 1 aromatic rings. The molecule has 1 fully saturated rings. The summed E-state index contributed by atoms with van der Waals surface area (Å²) < 4.78 is 16.9. The van der Waals surface area contributed by atoms with Crippen LogP contribution in [0, 0.1) is 5.92 Å². The zero-order chi connectivity index (χ0) is 33.7. The maximum absolute atomic E-state index is 13.1. The Balaban J connectivity index is 1.32. The zero-order valence-electron chi connectivity index (χ0n) is 26.3. The molecule has 5 rings (SSSR count). The number of carboxylic acid groups (broad SMARTS) is 1. The summed E-state index contributed by atoms with van der Waals surface area (Å²) in [7, 11) is 1.96. The van der Waals surface area contributed by atoms with E-state index in [1.54, 1.807) is 19.9 Å². The van der Waals surface area contributed by atoms with Crippen molar-refractivity contribution in [1.82, 2.24) is 10.2 Å². The normalized spacial score (nSPS) is 28.8. The minimum absolute atomic E-state index is 0.0110. The Kier molecular flexibility index (Phi) is 9.23. The van der Waals surface area contributed by atoms with Crippen molar-refractivity contribution in [2.75, 3.05) is 13.6 Å². The van der Waals surface area contributed by atoms with Crippen LogP contribution in [0.25, 0.3) is 0 Å². The number of nitrogens with zero attached hydrogens (tertiary/aromatic N) is 1. The first kappa shape index (κ1) is 33.8. The van der Waals surface area contributed by atoms with Gasteiger partial charge in [0.25, 0.3) is 5.91 Å². The van der Waals surface area contributed by atoms with Gasteiger partial charge >= 0.3 is 17.9 Å². The summed E-state index contributed by atoms with van der Waals surface area (Å²) in [6, 6.07) is 2.19. The van der Waals surface area contributed by atoms with E-state index in [-0.39, 0.29) is 37.2 Å². The largest absolute Gasteiger partial charge is 0.481 e. The Bertz CT molecular complexity index is 1440. The topological polar surface area (TPSA) is 212 Å². The van der Waals surface area contributed by atoms with E-state index in [2.05, 4.69) is 10.2 Å². The number of likely N-dealkylation sites (N-methyl/N-ethyl adjacent to an activating group) is 1. The predicted molar refractivity (Wildman–Crippen MR) is 158 cm³/mol. The summed E-state index contributed by atoms with van der Waals surface area (Å²) in [6.45, 7) is 5.09. The molecule has 2 heterocycles. The van der Waals surface area contributed by atoms with E-state index in [9.17, 15) is 44.7 Å². The quantitative estimate of drug-likeness (QED) is 0.170. The van der Waals surface area contributed by atoms with Crippen molar-refractivity contribution in [3.8, 4) is 5.75 Å². The molecule has 8 atom stereocenters. The van der Waals surface area contributed by atoms with E-state index >= 15 is 0 Å². The lowest BCUT2D eigenvalue weighted by Crippen LogP contribution is -2.69. The maximum atomic E-state index is 13.1. The van der Waals surface area contributed by atoms with Gasteiger partial charge in [0.15, 0.2) is 24.4 Å². The van der Waals surface area contributed by atoms with Crippen LogP contribution in [-0.2, 0) is 47.1 Å². The first-order valence-electron chi connectivity index (χ1n) is 15.5. The second kappa shape index (κ2) is 12.6. The van der Waals surface area contributed by atoms with E-state index in [1.807, 2.05) is 13.1 Å². The highest BCUT2D eigenvalue weighted by atomic mass is 16.6. The van der Waals surface area contributed by atoms with E-state index in [0.29, 0.717) is 37.1 Å². The molecule has 1 amide bonds. The molecule has 2 aliphatic carbocycles. The van der Waals surface area contributed by atoms with Crippen molar-refractivity contribution >= 4 is 23.8 Å². The smallest absolute Gasteiger partial charge is 0.343 e. The minimum atomic E-state index is -2.44. The third-order valence-electron chi connectivity index (χ3n) is 9.83. The second-order valence-electron chi connectivity index (χ2n) is 13.2. The fourth-order valence-electron chi connectivity index (χ4n) is 7.60. The monoisotopic (exact) mass is 646 g/mol. The van der Waals surface area contributed by atoms with Gasteiger partial charge in [-0.15, -0.1) is 0 Å². The number of carbonyl (C=O) groups is 4. The Morgan fingerprint density at radius 1 is 1.13 bits per heavy atom. The lowest BCUT2D eigenvalue weighted by molar-refractivity contribution is -0.177. The molecule has 0 unspecified atom stereocenters. The summed E-state index contributed by atoms with van der Waals surface area (Å²) in [5.41, 5.74) is -0.0914. The molecule has 0 saturated carbocycles. The third kappa shape index (κ3) is 5.45. The summed E-state index contributed by atoms with van der Waals surface area (Å²) in [4.78, 5) is 51.8. The average molecular weight is 647 g/mol. The number of carbonyl (C=O) groups excluding carboxylic acids is 3. The molecule has 2 aliphatic heterocycles. The molecule has 46 heavy (non-hydrogen) atoms. The van der Waals surface area contributed by atoms with Gasteiger partial charge in [0.1, 0.15) is 17.6 Å².